The van der Waals surface area contributed by atoms with Crippen LogP contribution in [0.2, 0.25) is 0 Å². The zero-order valence-electron chi connectivity index (χ0n) is 10.9. The molecule has 4 nitrogen and oxygen atoms in total. The quantitative estimate of drug-likeness (QED) is 0.824. The first-order chi connectivity index (χ1) is 9.75. The lowest BCUT2D eigenvalue weighted by molar-refractivity contribution is -0.120. The Bertz CT molecular complexity index is 536. The molecule has 2 N–H and O–H groups in total. The summed E-state index contributed by atoms with van der Waals surface area (Å²) in [5, 5.41) is 11.2. The first-order valence-corrected chi connectivity index (χ1v) is 8.17. The molecule has 0 fully saturated rings. The maximum atomic E-state index is 11.6. The smallest absolute Gasteiger partial charge is 0.252 e. The van der Waals surface area contributed by atoms with Crippen LogP contribution in [0.4, 0.5) is 0 Å². The highest BCUT2D eigenvalue weighted by molar-refractivity contribution is 7.09. The standard InChI is InChI=1S/C14H16N2O2S2/c17-13(15-6-3-12-2-1-8-20-12)4-7-16-14(18)11-5-9-19-10-11/h1-2,5,8-10H,3-4,6-7H2,(H,15,17)(H,16,18). The van der Waals surface area contributed by atoms with Gasteiger partial charge in [0.15, 0.2) is 0 Å². The molecular weight excluding hydrogens is 292 g/mol. The monoisotopic (exact) mass is 308 g/mol. The van der Waals surface area contributed by atoms with Gasteiger partial charge in [0.25, 0.3) is 5.91 Å². The molecular formula is C14H16N2O2S2. The molecule has 2 aromatic heterocycles. The Morgan fingerprint density at radius 2 is 2.00 bits per heavy atom. The van der Waals surface area contributed by atoms with Gasteiger partial charge in [0.1, 0.15) is 0 Å². The topological polar surface area (TPSA) is 58.2 Å². The minimum Gasteiger partial charge on any atom is -0.356 e. The third-order valence-electron chi connectivity index (χ3n) is 2.69. The van der Waals surface area contributed by atoms with E-state index in [1.807, 2.05) is 16.8 Å². The molecule has 0 spiro atoms. The summed E-state index contributed by atoms with van der Waals surface area (Å²) in [6, 6.07) is 5.82. The van der Waals surface area contributed by atoms with Gasteiger partial charge in [-0.3, -0.25) is 9.59 Å². The summed E-state index contributed by atoms with van der Waals surface area (Å²) in [6.45, 7) is 0.997. The molecule has 0 radical (unpaired) electrons. The lowest BCUT2D eigenvalue weighted by Gasteiger charge is -2.05. The van der Waals surface area contributed by atoms with Gasteiger partial charge >= 0.3 is 0 Å². The number of amides is 2. The molecule has 0 aliphatic heterocycles. The van der Waals surface area contributed by atoms with Crippen LogP contribution < -0.4 is 10.6 Å². The van der Waals surface area contributed by atoms with Crippen molar-refractivity contribution in [2.24, 2.45) is 0 Å². The van der Waals surface area contributed by atoms with E-state index in [0.717, 1.165) is 6.42 Å². The van der Waals surface area contributed by atoms with Crippen molar-refractivity contribution < 1.29 is 9.59 Å². The molecule has 0 saturated carbocycles. The van der Waals surface area contributed by atoms with Crippen molar-refractivity contribution in [1.82, 2.24) is 10.6 Å². The molecule has 0 unspecified atom stereocenters. The molecule has 6 heteroatoms. The molecule has 2 rings (SSSR count). The highest BCUT2D eigenvalue weighted by Gasteiger charge is 2.06. The van der Waals surface area contributed by atoms with Gasteiger partial charge in [-0.05, 0) is 29.3 Å². The Balaban J connectivity index is 1.57. The van der Waals surface area contributed by atoms with E-state index in [1.54, 1.807) is 22.8 Å². The molecule has 2 aromatic rings. The van der Waals surface area contributed by atoms with Gasteiger partial charge in [-0.1, -0.05) is 6.07 Å². The number of rotatable bonds is 7. The molecule has 2 amide bonds. The molecule has 0 aliphatic rings. The van der Waals surface area contributed by atoms with Gasteiger partial charge in [0, 0.05) is 35.3 Å². The highest BCUT2D eigenvalue weighted by atomic mass is 32.1. The van der Waals surface area contributed by atoms with E-state index in [9.17, 15) is 9.59 Å². The lowest BCUT2D eigenvalue weighted by atomic mass is 10.3. The van der Waals surface area contributed by atoms with Gasteiger partial charge in [-0.25, -0.2) is 0 Å². The second-order valence-electron chi connectivity index (χ2n) is 4.20. The van der Waals surface area contributed by atoms with Gasteiger partial charge in [-0.2, -0.15) is 11.3 Å². The maximum absolute atomic E-state index is 11.6. The zero-order chi connectivity index (χ0) is 14.2. The van der Waals surface area contributed by atoms with Crippen molar-refractivity contribution >= 4 is 34.5 Å². The summed E-state index contributed by atoms with van der Waals surface area (Å²) in [7, 11) is 0. The summed E-state index contributed by atoms with van der Waals surface area (Å²) < 4.78 is 0. The van der Waals surface area contributed by atoms with Crippen LogP contribution >= 0.6 is 22.7 Å². The summed E-state index contributed by atoms with van der Waals surface area (Å²) in [5.41, 5.74) is 0.646. The third kappa shape index (κ3) is 4.79. The van der Waals surface area contributed by atoms with Crippen molar-refractivity contribution in [3.8, 4) is 0 Å². The van der Waals surface area contributed by atoms with Gasteiger partial charge in [-0.15, -0.1) is 11.3 Å². The second-order valence-corrected chi connectivity index (χ2v) is 6.01. The van der Waals surface area contributed by atoms with E-state index in [-0.39, 0.29) is 11.8 Å². The van der Waals surface area contributed by atoms with E-state index >= 15 is 0 Å². The molecule has 2 heterocycles. The van der Waals surface area contributed by atoms with Crippen LogP contribution in [-0.4, -0.2) is 24.9 Å². The number of thiophene rings is 2. The number of carbonyl (C=O) groups excluding carboxylic acids is 2. The number of hydrogen-bond acceptors (Lipinski definition) is 4. The summed E-state index contributed by atoms with van der Waals surface area (Å²) in [4.78, 5) is 24.5. The highest BCUT2D eigenvalue weighted by Crippen LogP contribution is 2.08. The fourth-order valence-corrected chi connectivity index (χ4v) is 3.00. The van der Waals surface area contributed by atoms with Crippen molar-refractivity contribution in [2.45, 2.75) is 12.8 Å². The van der Waals surface area contributed by atoms with Gasteiger partial charge < -0.3 is 10.6 Å². The van der Waals surface area contributed by atoms with Crippen molar-refractivity contribution in [3.05, 3.63) is 44.8 Å². The number of carbonyl (C=O) groups is 2. The van der Waals surface area contributed by atoms with E-state index < -0.39 is 0 Å². The van der Waals surface area contributed by atoms with Crippen molar-refractivity contribution in [2.75, 3.05) is 13.1 Å². The minimum atomic E-state index is -0.127. The maximum Gasteiger partial charge on any atom is 0.252 e. The van der Waals surface area contributed by atoms with E-state index in [1.165, 1.54) is 16.2 Å². The zero-order valence-corrected chi connectivity index (χ0v) is 12.6. The van der Waals surface area contributed by atoms with Crippen LogP contribution in [-0.2, 0) is 11.2 Å². The SMILES string of the molecule is O=C(CCNC(=O)c1ccsc1)NCCc1cccs1. The Labute approximate surface area is 125 Å². The Morgan fingerprint density at radius 3 is 2.70 bits per heavy atom. The molecule has 0 saturated heterocycles. The molecule has 106 valence electrons. The fraction of sp³-hybridized carbons (Fsp3) is 0.286. The van der Waals surface area contributed by atoms with Crippen LogP contribution in [0.25, 0.3) is 0 Å². The minimum absolute atomic E-state index is 0.0350. The molecule has 0 aromatic carbocycles. The largest absolute Gasteiger partial charge is 0.356 e. The first kappa shape index (κ1) is 14.7. The Morgan fingerprint density at radius 1 is 1.10 bits per heavy atom. The Kier molecular flexibility index (Phi) is 5.76. The van der Waals surface area contributed by atoms with E-state index in [4.69, 9.17) is 0 Å². The predicted molar refractivity (Wildman–Crippen MR) is 82.3 cm³/mol. The first-order valence-electron chi connectivity index (χ1n) is 6.35. The second kappa shape index (κ2) is 7.81. The van der Waals surface area contributed by atoms with Crippen LogP contribution in [0.15, 0.2) is 34.3 Å². The molecule has 0 aliphatic carbocycles. The van der Waals surface area contributed by atoms with Crippen LogP contribution in [0, 0.1) is 0 Å². The fourth-order valence-electron chi connectivity index (χ4n) is 1.65. The van der Waals surface area contributed by atoms with Crippen molar-refractivity contribution in [1.29, 1.82) is 0 Å². The van der Waals surface area contributed by atoms with Crippen LogP contribution in [0.5, 0.6) is 0 Å². The van der Waals surface area contributed by atoms with E-state index in [0.29, 0.717) is 25.1 Å². The van der Waals surface area contributed by atoms with Crippen molar-refractivity contribution in [3.63, 3.8) is 0 Å². The summed E-state index contributed by atoms with van der Waals surface area (Å²) in [6.07, 6.45) is 1.16. The average Bonchev–Trinajstić information content (AvgIpc) is 3.12. The van der Waals surface area contributed by atoms with E-state index in [2.05, 4.69) is 16.7 Å². The van der Waals surface area contributed by atoms with Crippen LogP contribution in [0.3, 0.4) is 0 Å². The Hall–Kier alpha value is -1.66. The summed E-state index contributed by atoms with van der Waals surface area (Å²) >= 11 is 3.17. The lowest BCUT2D eigenvalue weighted by Crippen LogP contribution is -2.31. The van der Waals surface area contributed by atoms with Gasteiger partial charge in [0.05, 0.1) is 0 Å². The number of hydrogen-bond donors (Lipinski definition) is 2. The number of nitrogens with one attached hydrogen (secondary N) is 2. The van der Waals surface area contributed by atoms with Crippen LogP contribution in [0.1, 0.15) is 21.7 Å². The van der Waals surface area contributed by atoms with Gasteiger partial charge in [0.2, 0.25) is 5.91 Å². The third-order valence-corrected chi connectivity index (χ3v) is 4.31. The normalized spacial score (nSPS) is 10.2. The molecule has 20 heavy (non-hydrogen) atoms. The predicted octanol–water partition coefficient (Wildman–Crippen LogP) is 2.29. The molecule has 0 atom stereocenters. The average molecular weight is 308 g/mol. The molecule has 0 bridgehead atoms. The summed E-state index contributed by atoms with van der Waals surface area (Å²) in [5.74, 6) is -0.162.